The number of nitrogens with zero attached hydrogens (tertiary/aromatic N) is 1. The number of anilines is 1. The molecule has 0 fully saturated rings. The fourth-order valence-corrected chi connectivity index (χ4v) is 2.57. The van der Waals surface area contributed by atoms with E-state index < -0.39 is 0 Å². The fraction of sp³-hybridized carbons (Fsp3) is 0.600. The molecule has 1 aromatic carbocycles. The number of benzene rings is 1. The van der Waals surface area contributed by atoms with E-state index in [0.29, 0.717) is 6.04 Å². The van der Waals surface area contributed by atoms with Crippen LogP contribution in [0.3, 0.4) is 0 Å². The molecule has 0 aliphatic rings. The first-order chi connectivity index (χ1) is 8.49. The van der Waals surface area contributed by atoms with Crippen molar-refractivity contribution in [3.63, 3.8) is 0 Å². The van der Waals surface area contributed by atoms with Crippen LogP contribution >= 0.6 is 11.6 Å². The monoisotopic (exact) mass is 268 g/mol. The summed E-state index contributed by atoms with van der Waals surface area (Å²) < 4.78 is 0. The van der Waals surface area contributed by atoms with Crippen molar-refractivity contribution in [1.82, 2.24) is 0 Å². The van der Waals surface area contributed by atoms with Crippen molar-refractivity contribution in [3.8, 4) is 0 Å². The molecule has 1 aromatic rings. The zero-order valence-electron chi connectivity index (χ0n) is 11.9. The third kappa shape index (κ3) is 3.89. The molecule has 2 N–H and O–H groups in total. The Morgan fingerprint density at radius 2 is 1.89 bits per heavy atom. The zero-order chi connectivity index (χ0) is 13.7. The Balaban J connectivity index is 2.89. The van der Waals surface area contributed by atoms with E-state index in [4.69, 9.17) is 17.3 Å². The Kier molecular flexibility index (Phi) is 5.97. The number of hydrogen-bond acceptors (Lipinski definition) is 2. The van der Waals surface area contributed by atoms with Crippen LogP contribution in [0.15, 0.2) is 18.2 Å². The van der Waals surface area contributed by atoms with Crippen molar-refractivity contribution >= 4 is 17.3 Å². The summed E-state index contributed by atoms with van der Waals surface area (Å²) in [6.45, 7) is 6.44. The third-order valence-electron chi connectivity index (χ3n) is 3.48. The lowest BCUT2D eigenvalue weighted by Gasteiger charge is -2.29. The molecule has 1 unspecified atom stereocenters. The predicted molar refractivity (Wildman–Crippen MR) is 81.6 cm³/mol. The van der Waals surface area contributed by atoms with Crippen LogP contribution in [-0.2, 0) is 6.42 Å². The molecule has 18 heavy (non-hydrogen) atoms. The van der Waals surface area contributed by atoms with Crippen LogP contribution in [0.25, 0.3) is 0 Å². The van der Waals surface area contributed by atoms with Gasteiger partial charge in [0.1, 0.15) is 0 Å². The lowest BCUT2D eigenvalue weighted by Crippen LogP contribution is -2.30. The minimum Gasteiger partial charge on any atom is -0.372 e. The lowest BCUT2D eigenvalue weighted by atomic mass is 10.1. The first kappa shape index (κ1) is 15.3. The zero-order valence-corrected chi connectivity index (χ0v) is 12.7. The highest BCUT2D eigenvalue weighted by molar-refractivity contribution is 6.31. The van der Waals surface area contributed by atoms with E-state index in [-0.39, 0.29) is 6.04 Å². The first-order valence-corrected chi connectivity index (χ1v) is 7.14. The summed E-state index contributed by atoms with van der Waals surface area (Å²) in [5, 5.41) is 0.822. The predicted octanol–water partition coefficient (Wildman–Crippen LogP) is 3.85. The molecule has 0 heterocycles. The summed E-state index contributed by atoms with van der Waals surface area (Å²) in [7, 11) is 2.13. The highest BCUT2D eigenvalue weighted by Gasteiger charge is 2.12. The van der Waals surface area contributed by atoms with Crippen molar-refractivity contribution in [3.05, 3.63) is 28.8 Å². The van der Waals surface area contributed by atoms with E-state index in [0.717, 1.165) is 29.8 Å². The average molecular weight is 269 g/mol. The second kappa shape index (κ2) is 7.01. The Labute approximate surface area is 116 Å². The molecule has 102 valence electrons. The molecular weight excluding hydrogens is 244 g/mol. The van der Waals surface area contributed by atoms with Gasteiger partial charge in [-0.3, -0.25) is 0 Å². The van der Waals surface area contributed by atoms with Crippen LogP contribution in [0.2, 0.25) is 5.02 Å². The lowest BCUT2D eigenvalue weighted by molar-refractivity contribution is 0.591. The SMILES string of the molecule is CCC(CC)N(C)c1ccc(CC(C)N)c(Cl)c1. The standard InChI is InChI=1S/C15H25ClN2/c1-5-13(6-2)18(4)14-8-7-12(9-11(3)17)15(16)10-14/h7-8,10-11,13H,5-6,9,17H2,1-4H3. The second-order valence-electron chi connectivity index (χ2n) is 5.04. The van der Waals surface area contributed by atoms with E-state index in [2.05, 4.69) is 44.0 Å². The topological polar surface area (TPSA) is 29.3 Å². The normalized spacial score (nSPS) is 12.8. The number of hydrogen-bond donors (Lipinski definition) is 1. The van der Waals surface area contributed by atoms with Gasteiger partial charge in [-0.1, -0.05) is 31.5 Å². The molecule has 0 amide bonds. The first-order valence-electron chi connectivity index (χ1n) is 6.76. The van der Waals surface area contributed by atoms with Crippen LogP contribution < -0.4 is 10.6 Å². The summed E-state index contributed by atoms with van der Waals surface area (Å²) in [6.07, 6.45) is 3.12. The minimum atomic E-state index is 0.144. The van der Waals surface area contributed by atoms with Crippen molar-refractivity contribution in [2.75, 3.05) is 11.9 Å². The van der Waals surface area contributed by atoms with Gasteiger partial charge in [0.05, 0.1) is 0 Å². The Morgan fingerprint density at radius 1 is 1.28 bits per heavy atom. The van der Waals surface area contributed by atoms with Gasteiger partial charge in [0.25, 0.3) is 0 Å². The third-order valence-corrected chi connectivity index (χ3v) is 3.83. The van der Waals surface area contributed by atoms with Gasteiger partial charge < -0.3 is 10.6 Å². The van der Waals surface area contributed by atoms with Gasteiger partial charge in [-0.15, -0.1) is 0 Å². The summed E-state index contributed by atoms with van der Waals surface area (Å²) in [5.41, 5.74) is 8.13. The van der Waals surface area contributed by atoms with Crippen molar-refractivity contribution in [2.45, 2.75) is 52.1 Å². The van der Waals surface area contributed by atoms with Crippen LogP contribution in [-0.4, -0.2) is 19.1 Å². The van der Waals surface area contributed by atoms with Gasteiger partial charge in [0.15, 0.2) is 0 Å². The quantitative estimate of drug-likeness (QED) is 0.849. The summed E-state index contributed by atoms with van der Waals surface area (Å²) in [6, 6.07) is 7.00. The van der Waals surface area contributed by atoms with E-state index >= 15 is 0 Å². The highest BCUT2D eigenvalue weighted by atomic mass is 35.5. The van der Waals surface area contributed by atoms with E-state index in [1.807, 2.05) is 6.92 Å². The van der Waals surface area contributed by atoms with Crippen molar-refractivity contribution < 1.29 is 0 Å². The average Bonchev–Trinajstić information content (AvgIpc) is 2.32. The number of halogens is 1. The summed E-state index contributed by atoms with van der Waals surface area (Å²) in [4.78, 5) is 2.31. The van der Waals surface area contributed by atoms with Crippen LogP contribution in [0.1, 0.15) is 39.2 Å². The molecule has 0 saturated heterocycles. The molecule has 1 rings (SSSR count). The van der Waals surface area contributed by atoms with Crippen LogP contribution in [0.4, 0.5) is 5.69 Å². The molecule has 0 saturated carbocycles. The molecule has 0 radical (unpaired) electrons. The Bertz CT molecular complexity index is 373. The van der Waals surface area contributed by atoms with E-state index in [1.54, 1.807) is 0 Å². The van der Waals surface area contributed by atoms with E-state index in [9.17, 15) is 0 Å². The van der Waals surface area contributed by atoms with Gasteiger partial charge in [-0.25, -0.2) is 0 Å². The molecule has 0 aliphatic heterocycles. The largest absolute Gasteiger partial charge is 0.372 e. The van der Waals surface area contributed by atoms with Crippen LogP contribution in [0, 0.1) is 0 Å². The smallest absolute Gasteiger partial charge is 0.0459 e. The molecule has 1 atom stereocenters. The molecule has 0 spiro atoms. The van der Waals surface area contributed by atoms with Gasteiger partial charge in [0, 0.05) is 29.8 Å². The summed E-state index contributed by atoms with van der Waals surface area (Å²) >= 11 is 6.33. The van der Waals surface area contributed by atoms with Crippen molar-refractivity contribution in [1.29, 1.82) is 0 Å². The maximum absolute atomic E-state index is 6.33. The molecule has 0 bridgehead atoms. The minimum absolute atomic E-state index is 0.144. The molecule has 0 aliphatic carbocycles. The van der Waals surface area contributed by atoms with Gasteiger partial charge in [-0.2, -0.15) is 0 Å². The van der Waals surface area contributed by atoms with E-state index in [1.165, 1.54) is 5.69 Å². The molecular formula is C15H25ClN2. The second-order valence-corrected chi connectivity index (χ2v) is 5.45. The molecule has 3 heteroatoms. The maximum atomic E-state index is 6.33. The maximum Gasteiger partial charge on any atom is 0.0459 e. The highest BCUT2D eigenvalue weighted by Crippen LogP contribution is 2.26. The molecule has 2 nitrogen and oxygen atoms in total. The van der Waals surface area contributed by atoms with Gasteiger partial charge >= 0.3 is 0 Å². The van der Waals surface area contributed by atoms with Gasteiger partial charge in [-0.05, 0) is 43.9 Å². The van der Waals surface area contributed by atoms with Crippen molar-refractivity contribution in [2.24, 2.45) is 5.73 Å². The number of nitrogens with two attached hydrogens (primary N) is 1. The molecule has 0 aromatic heterocycles. The van der Waals surface area contributed by atoms with Crippen LogP contribution in [0.5, 0.6) is 0 Å². The number of rotatable bonds is 6. The Morgan fingerprint density at radius 3 is 2.33 bits per heavy atom. The van der Waals surface area contributed by atoms with Gasteiger partial charge in [0.2, 0.25) is 0 Å². The Hall–Kier alpha value is -0.730. The fourth-order valence-electron chi connectivity index (χ4n) is 2.32. The summed E-state index contributed by atoms with van der Waals surface area (Å²) in [5.74, 6) is 0.